The summed E-state index contributed by atoms with van der Waals surface area (Å²) in [6.07, 6.45) is 3.12. The van der Waals surface area contributed by atoms with Crippen molar-refractivity contribution < 1.29 is 0 Å². The van der Waals surface area contributed by atoms with Gasteiger partial charge in [0.25, 0.3) is 0 Å². The topological polar surface area (TPSA) is 29.3 Å². The molecule has 0 aliphatic rings. The second kappa shape index (κ2) is 8.65. The Morgan fingerprint density at radius 2 is 1.76 bits per heavy atom. The zero-order valence-electron chi connectivity index (χ0n) is 14.2. The zero-order chi connectivity index (χ0) is 16.0. The Labute approximate surface area is 135 Å². The van der Waals surface area contributed by atoms with Crippen LogP contribution in [0.4, 0.5) is 5.69 Å². The van der Waals surface area contributed by atoms with Gasteiger partial charge in [0.05, 0.1) is 0 Å². The number of hydrogen-bond acceptors (Lipinski definition) is 2. The highest BCUT2D eigenvalue weighted by Gasteiger charge is 2.21. The third-order valence-electron chi connectivity index (χ3n) is 3.87. The van der Waals surface area contributed by atoms with Gasteiger partial charge >= 0.3 is 0 Å². The molecule has 120 valence electrons. The van der Waals surface area contributed by atoms with E-state index in [4.69, 9.17) is 17.3 Å². The summed E-state index contributed by atoms with van der Waals surface area (Å²) in [4.78, 5) is 2.54. The maximum atomic E-state index is 6.46. The minimum atomic E-state index is 0.117. The van der Waals surface area contributed by atoms with E-state index in [9.17, 15) is 0 Å². The molecule has 1 atom stereocenters. The van der Waals surface area contributed by atoms with Gasteiger partial charge in [0.15, 0.2) is 0 Å². The number of rotatable bonds is 8. The van der Waals surface area contributed by atoms with E-state index in [0.717, 1.165) is 30.8 Å². The van der Waals surface area contributed by atoms with Gasteiger partial charge in [-0.25, -0.2) is 0 Å². The van der Waals surface area contributed by atoms with Gasteiger partial charge in [0.2, 0.25) is 0 Å². The second-order valence-corrected chi connectivity index (χ2v) is 6.84. The van der Waals surface area contributed by atoms with Crippen LogP contribution in [-0.2, 0) is 6.42 Å². The fourth-order valence-electron chi connectivity index (χ4n) is 2.91. The van der Waals surface area contributed by atoms with Crippen molar-refractivity contribution in [2.75, 3.05) is 11.4 Å². The van der Waals surface area contributed by atoms with Gasteiger partial charge in [0, 0.05) is 29.3 Å². The molecule has 2 nitrogen and oxygen atoms in total. The molecular weight excluding hydrogens is 280 g/mol. The van der Waals surface area contributed by atoms with E-state index in [2.05, 4.69) is 44.7 Å². The van der Waals surface area contributed by atoms with E-state index >= 15 is 0 Å². The van der Waals surface area contributed by atoms with Crippen molar-refractivity contribution in [2.24, 2.45) is 11.7 Å². The molecule has 0 aliphatic heterocycles. The van der Waals surface area contributed by atoms with Gasteiger partial charge in [-0.15, -0.1) is 0 Å². The average molecular weight is 311 g/mol. The van der Waals surface area contributed by atoms with Crippen molar-refractivity contribution in [1.82, 2.24) is 0 Å². The van der Waals surface area contributed by atoms with Crippen molar-refractivity contribution in [1.29, 1.82) is 0 Å². The highest BCUT2D eigenvalue weighted by Crippen LogP contribution is 2.31. The molecule has 0 aliphatic carbocycles. The monoisotopic (exact) mass is 310 g/mol. The maximum absolute atomic E-state index is 6.46. The standard InChI is InChI=1S/C18H31ClN2/c1-6-15(7-2)21(12-13(3)4)18-10-8-9-17(19)16(18)11-14(5)20/h8-10,13-15H,6-7,11-12,20H2,1-5H3. The lowest BCUT2D eigenvalue weighted by molar-refractivity contribution is 0.505. The second-order valence-electron chi connectivity index (χ2n) is 6.44. The van der Waals surface area contributed by atoms with E-state index < -0.39 is 0 Å². The molecule has 0 heterocycles. The van der Waals surface area contributed by atoms with Crippen LogP contribution in [0, 0.1) is 5.92 Å². The predicted molar refractivity (Wildman–Crippen MR) is 95.4 cm³/mol. The molecule has 0 radical (unpaired) electrons. The maximum Gasteiger partial charge on any atom is 0.0459 e. The highest BCUT2D eigenvalue weighted by molar-refractivity contribution is 6.31. The van der Waals surface area contributed by atoms with E-state index in [-0.39, 0.29) is 6.04 Å². The van der Waals surface area contributed by atoms with Gasteiger partial charge in [-0.3, -0.25) is 0 Å². The van der Waals surface area contributed by atoms with Crippen LogP contribution >= 0.6 is 11.6 Å². The molecule has 1 aromatic carbocycles. The molecule has 1 unspecified atom stereocenters. The summed E-state index contributed by atoms with van der Waals surface area (Å²) in [6, 6.07) is 6.90. The van der Waals surface area contributed by atoms with Crippen LogP contribution in [0.1, 0.15) is 53.0 Å². The number of anilines is 1. The summed E-state index contributed by atoms with van der Waals surface area (Å²) >= 11 is 6.46. The molecule has 0 saturated carbocycles. The summed E-state index contributed by atoms with van der Waals surface area (Å²) in [5.41, 5.74) is 8.49. The van der Waals surface area contributed by atoms with Crippen LogP contribution in [0.15, 0.2) is 18.2 Å². The molecule has 3 heteroatoms. The minimum Gasteiger partial charge on any atom is -0.368 e. The fourth-order valence-corrected chi connectivity index (χ4v) is 3.15. The Balaban J connectivity index is 3.25. The molecule has 2 N–H and O–H groups in total. The zero-order valence-corrected chi connectivity index (χ0v) is 15.0. The number of halogens is 1. The van der Waals surface area contributed by atoms with Crippen molar-refractivity contribution in [3.05, 3.63) is 28.8 Å². The molecule has 1 aromatic rings. The normalized spacial score (nSPS) is 13.0. The van der Waals surface area contributed by atoms with Crippen LogP contribution in [-0.4, -0.2) is 18.6 Å². The summed E-state index contributed by atoms with van der Waals surface area (Å²) in [5, 5.41) is 0.838. The third-order valence-corrected chi connectivity index (χ3v) is 4.23. The quantitative estimate of drug-likeness (QED) is 0.741. The van der Waals surface area contributed by atoms with Crippen LogP contribution in [0.5, 0.6) is 0 Å². The largest absolute Gasteiger partial charge is 0.368 e. The number of nitrogens with zero attached hydrogens (tertiary/aromatic N) is 1. The molecule has 0 bridgehead atoms. The lowest BCUT2D eigenvalue weighted by atomic mass is 10.0. The van der Waals surface area contributed by atoms with E-state index in [1.807, 2.05) is 13.0 Å². The smallest absolute Gasteiger partial charge is 0.0459 e. The Hall–Kier alpha value is -0.730. The lowest BCUT2D eigenvalue weighted by Crippen LogP contribution is -2.38. The Bertz CT molecular complexity index is 425. The molecule has 0 spiro atoms. The number of benzene rings is 1. The van der Waals surface area contributed by atoms with Crippen molar-refractivity contribution in [3.8, 4) is 0 Å². The molecular formula is C18H31ClN2. The number of hydrogen-bond donors (Lipinski definition) is 1. The molecule has 0 fully saturated rings. The first-order valence-corrected chi connectivity index (χ1v) is 8.58. The lowest BCUT2D eigenvalue weighted by Gasteiger charge is -2.36. The Morgan fingerprint density at radius 3 is 2.24 bits per heavy atom. The van der Waals surface area contributed by atoms with E-state index in [1.165, 1.54) is 11.3 Å². The third kappa shape index (κ3) is 5.19. The molecule has 1 rings (SSSR count). The molecule has 0 saturated heterocycles. The van der Waals surface area contributed by atoms with Gasteiger partial charge in [-0.2, -0.15) is 0 Å². The SMILES string of the molecule is CCC(CC)N(CC(C)C)c1cccc(Cl)c1CC(C)N. The summed E-state index contributed by atoms with van der Waals surface area (Å²) in [5.74, 6) is 0.618. The summed E-state index contributed by atoms with van der Waals surface area (Å²) < 4.78 is 0. The fraction of sp³-hybridized carbons (Fsp3) is 0.667. The first kappa shape index (κ1) is 18.3. The Morgan fingerprint density at radius 1 is 1.14 bits per heavy atom. The van der Waals surface area contributed by atoms with Crippen molar-refractivity contribution in [3.63, 3.8) is 0 Å². The predicted octanol–water partition coefficient (Wildman–Crippen LogP) is 4.88. The summed E-state index contributed by atoms with van der Waals surface area (Å²) in [7, 11) is 0. The van der Waals surface area contributed by atoms with Crippen LogP contribution in [0.25, 0.3) is 0 Å². The van der Waals surface area contributed by atoms with Gasteiger partial charge < -0.3 is 10.6 Å². The van der Waals surface area contributed by atoms with Crippen molar-refractivity contribution >= 4 is 17.3 Å². The molecule has 0 aromatic heterocycles. The summed E-state index contributed by atoms with van der Waals surface area (Å²) in [6.45, 7) is 12.2. The number of nitrogens with two attached hydrogens (primary N) is 1. The van der Waals surface area contributed by atoms with Crippen molar-refractivity contribution in [2.45, 2.75) is 66.0 Å². The van der Waals surface area contributed by atoms with E-state index in [1.54, 1.807) is 0 Å². The van der Waals surface area contributed by atoms with Crippen LogP contribution in [0.3, 0.4) is 0 Å². The Kier molecular flexibility index (Phi) is 7.55. The van der Waals surface area contributed by atoms with E-state index in [0.29, 0.717) is 12.0 Å². The van der Waals surface area contributed by atoms with Gasteiger partial charge in [0.1, 0.15) is 0 Å². The van der Waals surface area contributed by atoms with Crippen LogP contribution < -0.4 is 10.6 Å². The molecule has 21 heavy (non-hydrogen) atoms. The molecule has 0 amide bonds. The van der Waals surface area contributed by atoms with Gasteiger partial charge in [-0.05, 0) is 49.8 Å². The van der Waals surface area contributed by atoms with Gasteiger partial charge in [-0.1, -0.05) is 45.4 Å². The first-order valence-electron chi connectivity index (χ1n) is 8.20. The van der Waals surface area contributed by atoms with Crippen LogP contribution in [0.2, 0.25) is 5.02 Å². The first-order chi connectivity index (χ1) is 9.90. The highest BCUT2D eigenvalue weighted by atomic mass is 35.5. The average Bonchev–Trinajstić information content (AvgIpc) is 2.40. The minimum absolute atomic E-state index is 0.117.